The van der Waals surface area contributed by atoms with Crippen molar-refractivity contribution in [2.45, 2.75) is 6.42 Å². The molecule has 0 atom stereocenters. The Morgan fingerprint density at radius 3 is 2.67 bits per heavy atom. The number of imidazole rings is 1. The van der Waals surface area contributed by atoms with Crippen molar-refractivity contribution in [3.05, 3.63) is 76.2 Å². The van der Waals surface area contributed by atoms with Crippen molar-refractivity contribution in [2.24, 2.45) is 0 Å². The lowest BCUT2D eigenvalue weighted by Crippen LogP contribution is -2.07. The number of nitro groups is 1. The maximum absolute atomic E-state index is 12.6. The van der Waals surface area contributed by atoms with Crippen LogP contribution in [0.15, 0.2) is 60.3 Å². The van der Waals surface area contributed by atoms with Crippen molar-refractivity contribution in [2.75, 3.05) is 5.32 Å². The molecule has 0 amide bonds. The van der Waals surface area contributed by atoms with Crippen LogP contribution in [0, 0.1) is 10.1 Å². The first-order valence-corrected chi connectivity index (χ1v) is 7.34. The van der Waals surface area contributed by atoms with Crippen LogP contribution in [0.5, 0.6) is 0 Å². The second kappa shape index (κ2) is 5.31. The molecule has 118 valence electrons. The van der Waals surface area contributed by atoms with E-state index in [0.717, 1.165) is 16.9 Å². The van der Waals surface area contributed by atoms with E-state index in [9.17, 15) is 14.9 Å². The number of carbonyl (C=O) groups is 1. The highest BCUT2D eigenvalue weighted by Gasteiger charge is 2.28. The molecule has 0 unspecified atom stereocenters. The Morgan fingerprint density at radius 2 is 1.92 bits per heavy atom. The fourth-order valence-corrected chi connectivity index (χ4v) is 2.77. The Kier molecular flexibility index (Phi) is 3.13. The summed E-state index contributed by atoms with van der Waals surface area (Å²) < 4.78 is 1.62. The quantitative estimate of drug-likeness (QED) is 0.455. The van der Waals surface area contributed by atoms with Crippen LogP contribution in [0.2, 0.25) is 0 Å². The van der Waals surface area contributed by atoms with Gasteiger partial charge in [0.25, 0.3) is 11.6 Å². The molecule has 7 nitrogen and oxygen atoms in total. The van der Waals surface area contributed by atoms with Gasteiger partial charge in [-0.15, -0.1) is 0 Å². The van der Waals surface area contributed by atoms with Crippen LogP contribution in [0.1, 0.15) is 10.6 Å². The number of allylic oxidation sites excluding steroid dienone is 1. The van der Waals surface area contributed by atoms with Crippen molar-refractivity contribution >= 4 is 28.3 Å². The highest BCUT2D eigenvalue weighted by molar-refractivity contribution is 6.04. The standard InChI is InChI=1S/C17H12N4O3/c22-17-11(10-18-12-5-7-13(8-6-12)21(23)24)9-16-19-14-3-1-2-4-15(14)20(16)17/h1-8,10,18H,9H2. The van der Waals surface area contributed by atoms with Gasteiger partial charge in [0.1, 0.15) is 5.82 Å². The first kappa shape index (κ1) is 14.1. The van der Waals surface area contributed by atoms with Crippen LogP contribution in [0.25, 0.3) is 11.0 Å². The number of carbonyl (C=O) groups excluding carboxylic acids is 1. The second-order valence-electron chi connectivity index (χ2n) is 5.45. The number of nitrogens with zero attached hydrogens (tertiary/aromatic N) is 3. The fraction of sp³-hybridized carbons (Fsp3) is 0.0588. The third kappa shape index (κ3) is 2.23. The third-order valence-corrected chi connectivity index (χ3v) is 3.95. The van der Waals surface area contributed by atoms with Gasteiger partial charge in [-0.3, -0.25) is 19.5 Å². The minimum absolute atomic E-state index is 0.0248. The SMILES string of the molecule is O=C1C(=CNc2ccc([N+](=O)[O-])cc2)Cc2nc3ccccc3n21. The van der Waals surface area contributed by atoms with Gasteiger partial charge in [-0.25, -0.2) is 4.98 Å². The van der Waals surface area contributed by atoms with Crippen molar-refractivity contribution in [3.8, 4) is 0 Å². The molecule has 4 rings (SSSR count). The molecule has 0 saturated carbocycles. The molecule has 1 N–H and O–H groups in total. The molecular weight excluding hydrogens is 308 g/mol. The molecule has 7 heteroatoms. The molecule has 0 fully saturated rings. The van der Waals surface area contributed by atoms with E-state index in [0.29, 0.717) is 17.7 Å². The van der Waals surface area contributed by atoms with Crippen molar-refractivity contribution in [1.29, 1.82) is 0 Å². The normalized spacial score (nSPS) is 15.0. The Morgan fingerprint density at radius 1 is 1.17 bits per heavy atom. The number of aromatic nitrogens is 2. The number of fused-ring (bicyclic) bond motifs is 3. The van der Waals surface area contributed by atoms with Crippen LogP contribution >= 0.6 is 0 Å². The number of hydrogen-bond donors (Lipinski definition) is 1. The van der Waals surface area contributed by atoms with Crippen LogP contribution in [0.4, 0.5) is 11.4 Å². The Hall–Kier alpha value is -3.48. The molecule has 0 radical (unpaired) electrons. The summed E-state index contributed by atoms with van der Waals surface area (Å²) in [6, 6.07) is 13.5. The zero-order valence-corrected chi connectivity index (χ0v) is 12.5. The molecule has 2 aromatic carbocycles. The predicted molar refractivity (Wildman–Crippen MR) is 88.9 cm³/mol. The average molecular weight is 320 g/mol. The Balaban J connectivity index is 1.58. The van der Waals surface area contributed by atoms with Crippen molar-refractivity contribution in [1.82, 2.24) is 9.55 Å². The van der Waals surface area contributed by atoms with Crippen LogP contribution < -0.4 is 5.32 Å². The summed E-state index contributed by atoms with van der Waals surface area (Å²) in [5.41, 5.74) is 2.91. The summed E-state index contributed by atoms with van der Waals surface area (Å²) in [5, 5.41) is 13.7. The molecule has 24 heavy (non-hydrogen) atoms. The summed E-state index contributed by atoms with van der Waals surface area (Å²) in [6.45, 7) is 0. The summed E-state index contributed by atoms with van der Waals surface area (Å²) in [4.78, 5) is 27.2. The zero-order chi connectivity index (χ0) is 16.7. The van der Waals surface area contributed by atoms with E-state index in [2.05, 4.69) is 10.3 Å². The maximum Gasteiger partial charge on any atom is 0.269 e. The highest BCUT2D eigenvalue weighted by atomic mass is 16.6. The van der Waals surface area contributed by atoms with Gasteiger partial charge in [0.15, 0.2) is 0 Å². The number of hydrogen-bond acceptors (Lipinski definition) is 5. The van der Waals surface area contributed by atoms with Gasteiger partial charge in [-0.1, -0.05) is 12.1 Å². The molecule has 1 aliphatic rings. The smallest absolute Gasteiger partial charge is 0.269 e. The molecular formula is C17H12N4O3. The van der Waals surface area contributed by atoms with Crippen LogP contribution in [-0.2, 0) is 6.42 Å². The molecule has 1 aromatic heterocycles. The lowest BCUT2D eigenvalue weighted by atomic mass is 10.2. The number of nitrogens with one attached hydrogen (secondary N) is 1. The van der Waals surface area contributed by atoms with Crippen molar-refractivity contribution < 1.29 is 9.72 Å². The molecule has 0 saturated heterocycles. The van der Waals surface area contributed by atoms with Gasteiger partial charge in [0.05, 0.1) is 16.0 Å². The number of benzene rings is 2. The van der Waals surface area contributed by atoms with E-state index in [1.807, 2.05) is 24.3 Å². The monoisotopic (exact) mass is 320 g/mol. The number of anilines is 1. The predicted octanol–water partition coefficient (Wildman–Crippen LogP) is 3.14. The van der Waals surface area contributed by atoms with Gasteiger partial charge in [0.2, 0.25) is 0 Å². The topological polar surface area (TPSA) is 90.1 Å². The van der Waals surface area contributed by atoms with Gasteiger partial charge in [0, 0.05) is 36.0 Å². The van der Waals surface area contributed by atoms with Gasteiger partial charge < -0.3 is 5.32 Å². The van der Waals surface area contributed by atoms with Gasteiger partial charge >= 0.3 is 0 Å². The largest absolute Gasteiger partial charge is 0.361 e. The number of nitro benzene ring substituents is 1. The van der Waals surface area contributed by atoms with E-state index in [-0.39, 0.29) is 11.6 Å². The van der Waals surface area contributed by atoms with Crippen molar-refractivity contribution in [3.63, 3.8) is 0 Å². The van der Waals surface area contributed by atoms with Gasteiger partial charge in [-0.2, -0.15) is 0 Å². The molecule has 0 bridgehead atoms. The van der Waals surface area contributed by atoms with E-state index in [1.165, 1.54) is 12.1 Å². The first-order chi connectivity index (χ1) is 11.6. The summed E-state index contributed by atoms with van der Waals surface area (Å²) in [7, 11) is 0. The number of rotatable bonds is 3. The number of non-ortho nitro benzene ring substituents is 1. The van der Waals surface area contributed by atoms with E-state index in [1.54, 1.807) is 22.9 Å². The summed E-state index contributed by atoms with van der Waals surface area (Å²) in [6.07, 6.45) is 2.08. The van der Waals surface area contributed by atoms with Crippen LogP contribution in [-0.4, -0.2) is 20.4 Å². The number of para-hydroxylation sites is 2. The molecule has 3 aromatic rings. The van der Waals surface area contributed by atoms with E-state index < -0.39 is 4.92 Å². The minimum atomic E-state index is -0.452. The minimum Gasteiger partial charge on any atom is -0.361 e. The van der Waals surface area contributed by atoms with Gasteiger partial charge in [-0.05, 0) is 24.3 Å². The lowest BCUT2D eigenvalue weighted by Gasteiger charge is -2.02. The molecule has 2 heterocycles. The fourth-order valence-electron chi connectivity index (χ4n) is 2.77. The Labute approximate surface area is 136 Å². The lowest BCUT2D eigenvalue weighted by molar-refractivity contribution is -0.384. The molecule has 0 spiro atoms. The zero-order valence-electron chi connectivity index (χ0n) is 12.5. The second-order valence-corrected chi connectivity index (χ2v) is 5.45. The molecule has 0 aliphatic carbocycles. The summed E-state index contributed by atoms with van der Waals surface area (Å²) >= 11 is 0. The van der Waals surface area contributed by atoms with E-state index in [4.69, 9.17) is 0 Å². The first-order valence-electron chi connectivity index (χ1n) is 7.34. The highest BCUT2D eigenvalue weighted by Crippen LogP contribution is 2.26. The maximum atomic E-state index is 12.6. The third-order valence-electron chi connectivity index (χ3n) is 3.95. The summed E-state index contributed by atoms with van der Waals surface area (Å²) in [5.74, 6) is 0.617. The Bertz CT molecular complexity index is 1000. The van der Waals surface area contributed by atoms with Crippen LogP contribution in [0.3, 0.4) is 0 Å². The average Bonchev–Trinajstić information content (AvgIpc) is 3.10. The van der Waals surface area contributed by atoms with E-state index >= 15 is 0 Å². The molecule has 1 aliphatic heterocycles.